The van der Waals surface area contributed by atoms with E-state index in [0.29, 0.717) is 41.1 Å². The first-order valence-corrected chi connectivity index (χ1v) is 9.56. The number of hydrogen-bond donors (Lipinski definition) is 1. The van der Waals surface area contributed by atoms with E-state index in [4.69, 9.17) is 25.8 Å². The number of para-hydroxylation sites is 1. The second-order valence-corrected chi connectivity index (χ2v) is 6.96. The maximum absolute atomic E-state index is 12.8. The number of nitrogens with one attached hydrogen (secondary N) is 1. The molecule has 0 saturated carbocycles. The first-order chi connectivity index (χ1) is 14.0. The van der Waals surface area contributed by atoms with E-state index >= 15 is 0 Å². The fourth-order valence-electron chi connectivity index (χ4n) is 3.13. The molecule has 7 nitrogen and oxygen atoms in total. The van der Waals surface area contributed by atoms with E-state index in [0.717, 1.165) is 0 Å². The van der Waals surface area contributed by atoms with E-state index in [1.54, 1.807) is 49.5 Å². The second-order valence-electron chi connectivity index (χ2n) is 6.55. The van der Waals surface area contributed by atoms with E-state index in [9.17, 15) is 9.59 Å². The Morgan fingerprint density at radius 1 is 1.21 bits per heavy atom. The van der Waals surface area contributed by atoms with Gasteiger partial charge in [-0.15, -0.1) is 0 Å². The molecule has 1 N–H and O–H groups in total. The van der Waals surface area contributed by atoms with Crippen LogP contribution in [0.2, 0.25) is 5.02 Å². The molecule has 0 aliphatic carbocycles. The number of nitrogens with zero attached hydrogens (tertiary/aromatic N) is 1. The minimum atomic E-state index is -0.487. The summed E-state index contributed by atoms with van der Waals surface area (Å²) < 4.78 is 15.8. The molecule has 29 heavy (non-hydrogen) atoms. The summed E-state index contributed by atoms with van der Waals surface area (Å²) in [6.07, 6.45) is 0.128. The van der Waals surface area contributed by atoms with Crippen LogP contribution in [0, 0.1) is 5.92 Å². The summed E-state index contributed by atoms with van der Waals surface area (Å²) in [5, 5.41) is 3.23. The van der Waals surface area contributed by atoms with Gasteiger partial charge >= 0.3 is 0 Å². The predicted molar refractivity (Wildman–Crippen MR) is 111 cm³/mol. The number of carbonyl (C=O) groups is 2. The van der Waals surface area contributed by atoms with Gasteiger partial charge in [0.25, 0.3) is 0 Å². The molecular formula is C21H23ClN2O5. The van der Waals surface area contributed by atoms with Crippen molar-refractivity contribution in [2.75, 3.05) is 44.2 Å². The van der Waals surface area contributed by atoms with Crippen molar-refractivity contribution in [3.8, 4) is 11.5 Å². The van der Waals surface area contributed by atoms with Crippen molar-refractivity contribution in [1.29, 1.82) is 0 Å². The third-order valence-corrected chi connectivity index (χ3v) is 4.92. The number of rotatable bonds is 8. The summed E-state index contributed by atoms with van der Waals surface area (Å²) in [7, 11) is 3.14. The van der Waals surface area contributed by atoms with Gasteiger partial charge in [0.2, 0.25) is 11.8 Å². The summed E-state index contributed by atoms with van der Waals surface area (Å²) in [5.74, 6) is 0.177. The monoisotopic (exact) mass is 418 g/mol. The zero-order valence-electron chi connectivity index (χ0n) is 16.3. The van der Waals surface area contributed by atoms with E-state index in [2.05, 4.69) is 5.32 Å². The topological polar surface area (TPSA) is 77.1 Å². The molecule has 154 valence electrons. The van der Waals surface area contributed by atoms with E-state index in [1.807, 2.05) is 12.1 Å². The normalized spacial score (nSPS) is 16.0. The minimum absolute atomic E-state index is 0.110. The Kier molecular flexibility index (Phi) is 6.95. The molecule has 2 amide bonds. The lowest BCUT2D eigenvalue weighted by Gasteiger charge is -2.18. The molecule has 2 aromatic carbocycles. The van der Waals surface area contributed by atoms with Gasteiger partial charge in [0.15, 0.2) is 5.75 Å². The quantitative estimate of drug-likeness (QED) is 0.665. The third kappa shape index (κ3) is 4.99. The van der Waals surface area contributed by atoms with Crippen LogP contribution in [-0.4, -0.2) is 45.8 Å². The first kappa shape index (κ1) is 21.0. The van der Waals surface area contributed by atoms with E-state index in [1.165, 1.54) is 0 Å². The highest BCUT2D eigenvalue weighted by molar-refractivity contribution is 6.32. The van der Waals surface area contributed by atoms with Gasteiger partial charge in [-0.3, -0.25) is 9.59 Å². The molecule has 8 heteroatoms. The zero-order valence-corrected chi connectivity index (χ0v) is 17.1. The fourth-order valence-corrected chi connectivity index (χ4v) is 3.36. The molecule has 1 heterocycles. The van der Waals surface area contributed by atoms with Crippen molar-refractivity contribution in [3.63, 3.8) is 0 Å². The molecule has 1 aliphatic rings. The van der Waals surface area contributed by atoms with Crippen LogP contribution in [-0.2, 0) is 14.3 Å². The summed E-state index contributed by atoms with van der Waals surface area (Å²) in [6.45, 7) is 0.984. The van der Waals surface area contributed by atoms with Crippen LogP contribution in [0.3, 0.4) is 0 Å². The average molecular weight is 419 g/mol. The SMILES string of the molecule is COCCOc1c(Cl)cccc1NC(=O)C1CC(=O)N(c2cccc(OC)c2)C1. The van der Waals surface area contributed by atoms with Gasteiger partial charge in [0, 0.05) is 31.8 Å². The smallest absolute Gasteiger partial charge is 0.229 e. The molecule has 2 aromatic rings. The Morgan fingerprint density at radius 3 is 2.76 bits per heavy atom. The van der Waals surface area contributed by atoms with Gasteiger partial charge < -0.3 is 24.4 Å². The van der Waals surface area contributed by atoms with Crippen molar-refractivity contribution in [2.45, 2.75) is 6.42 Å². The van der Waals surface area contributed by atoms with Crippen LogP contribution < -0.4 is 19.7 Å². The first-order valence-electron chi connectivity index (χ1n) is 9.19. The summed E-state index contributed by atoms with van der Waals surface area (Å²) >= 11 is 6.22. The number of amides is 2. The molecule has 3 rings (SSSR count). The number of halogens is 1. The molecule has 1 fully saturated rings. The molecular weight excluding hydrogens is 396 g/mol. The maximum atomic E-state index is 12.8. The van der Waals surface area contributed by atoms with Crippen LogP contribution >= 0.6 is 11.6 Å². The number of hydrogen-bond acceptors (Lipinski definition) is 5. The molecule has 1 saturated heterocycles. The number of carbonyl (C=O) groups excluding carboxylic acids is 2. The number of anilines is 2. The van der Waals surface area contributed by atoms with Crippen molar-refractivity contribution in [3.05, 3.63) is 47.5 Å². The van der Waals surface area contributed by atoms with Crippen LogP contribution in [0.25, 0.3) is 0 Å². The zero-order chi connectivity index (χ0) is 20.8. The molecule has 1 atom stereocenters. The van der Waals surface area contributed by atoms with Gasteiger partial charge in [-0.1, -0.05) is 23.7 Å². The molecule has 1 unspecified atom stereocenters. The summed E-state index contributed by atoms with van der Waals surface area (Å²) in [5.41, 5.74) is 1.17. The molecule has 0 bridgehead atoms. The lowest BCUT2D eigenvalue weighted by molar-refractivity contribution is -0.122. The summed E-state index contributed by atoms with van der Waals surface area (Å²) in [6, 6.07) is 12.3. The minimum Gasteiger partial charge on any atom is -0.497 e. The largest absolute Gasteiger partial charge is 0.497 e. The van der Waals surface area contributed by atoms with Crippen molar-refractivity contribution >= 4 is 34.8 Å². The standard InChI is InChI=1S/C21H23ClN2O5/c1-27-9-10-29-20-17(22)7-4-8-18(20)23-21(26)14-11-19(25)24(13-14)15-5-3-6-16(12-15)28-2/h3-8,12,14H,9-11,13H2,1-2H3,(H,23,26). The highest BCUT2D eigenvalue weighted by Crippen LogP contribution is 2.34. The van der Waals surface area contributed by atoms with Gasteiger partial charge in [-0.2, -0.15) is 0 Å². The van der Waals surface area contributed by atoms with Crippen molar-refractivity contribution in [1.82, 2.24) is 0 Å². The molecule has 0 aromatic heterocycles. The molecule has 0 spiro atoms. The Morgan fingerprint density at radius 2 is 2.00 bits per heavy atom. The Hall–Kier alpha value is -2.77. The fraction of sp³-hybridized carbons (Fsp3) is 0.333. The summed E-state index contributed by atoms with van der Waals surface area (Å²) in [4.78, 5) is 26.9. The van der Waals surface area contributed by atoms with Crippen molar-refractivity contribution < 1.29 is 23.8 Å². The highest BCUT2D eigenvalue weighted by Gasteiger charge is 2.35. The Bertz CT molecular complexity index is 889. The number of benzene rings is 2. The van der Waals surface area contributed by atoms with Crippen LogP contribution in [0.15, 0.2) is 42.5 Å². The van der Waals surface area contributed by atoms with Gasteiger partial charge in [-0.05, 0) is 24.3 Å². The van der Waals surface area contributed by atoms with Gasteiger partial charge in [0.05, 0.1) is 30.3 Å². The van der Waals surface area contributed by atoms with Gasteiger partial charge in [-0.25, -0.2) is 0 Å². The van der Waals surface area contributed by atoms with E-state index in [-0.39, 0.29) is 24.8 Å². The lowest BCUT2D eigenvalue weighted by atomic mass is 10.1. The molecule has 1 aliphatic heterocycles. The van der Waals surface area contributed by atoms with Crippen LogP contribution in [0.4, 0.5) is 11.4 Å². The van der Waals surface area contributed by atoms with Crippen LogP contribution in [0.5, 0.6) is 11.5 Å². The number of ether oxygens (including phenoxy) is 3. The maximum Gasteiger partial charge on any atom is 0.229 e. The van der Waals surface area contributed by atoms with E-state index < -0.39 is 5.92 Å². The average Bonchev–Trinajstić information content (AvgIpc) is 3.12. The second kappa shape index (κ2) is 9.62. The number of methoxy groups -OCH3 is 2. The molecule has 0 radical (unpaired) electrons. The predicted octanol–water partition coefficient (Wildman–Crippen LogP) is 3.37. The Balaban J connectivity index is 1.70. The third-order valence-electron chi connectivity index (χ3n) is 4.62. The lowest BCUT2D eigenvalue weighted by Crippen LogP contribution is -2.28. The highest BCUT2D eigenvalue weighted by atomic mass is 35.5. The Labute approximate surface area is 174 Å². The van der Waals surface area contributed by atoms with Crippen molar-refractivity contribution in [2.24, 2.45) is 5.92 Å². The van der Waals surface area contributed by atoms with Gasteiger partial charge in [0.1, 0.15) is 12.4 Å². The van der Waals surface area contributed by atoms with Crippen LogP contribution in [0.1, 0.15) is 6.42 Å².